The highest BCUT2D eigenvalue weighted by Gasteiger charge is 2.70. The molecule has 4 heteroatoms. The zero-order valence-electron chi connectivity index (χ0n) is 20.6. The Morgan fingerprint density at radius 1 is 0.871 bits per heavy atom. The van der Waals surface area contributed by atoms with E-state index in [4.69, 9.17) is 0 Å². The van der Waals surface area contributed by atoms with Gasteiger partial charge in [0.1, 0.15) is 11.7 Å². The van der Waals surface area contributed by atoms with E-state index >= 15 is 0 Å². The van der Waals surface area contributed by atoms with Gasteiger partial charge in [0.15, 0.2) is 0 Å². The number of hydrogen-bond donors (Lipinski definition) is 4. The van der Waals surface area contributed by atoms with Gasteiger partial charge in [0, 0.05) is 11.8 Å². The molecular formula is C27H48O4. The Labute approximate surface area is 189 Å². The second kappa shape index (κ2) is 8.25. The smallest absolute Gasteiger partial charge is 0.109 e. The molecule has 0 spiro atoms. The van der Waals surface area contributed by atoms with Crippen LogP contribution in [0, 0.1) is 46.3 Å². The summed E-state index contributed by atoms with van der Waals surface area (Å²) in [6, 6.07) is 0. The molecule has 4 saturated carbocycles. The van der Waals surface area contributed by atoms with Crippen LogP contribution in [0.1, 0.15) is 98.8 Å². The van der Waals surface area contributed by atoms with Gasteiger partial charge >= 0.3 is 0 Å². The molecule has 0 amide bonds. The molecule has 0 saturated heterocycles. The summed E-state index contributed by atoms with van der Waals surface area (Å²) >= 11 is 0. The summed E-state index contributed by atoms with van der Waals surface area (Å²) in [5, 5.41) is 44.4. The van der Waals surface area contributed by atoms with E-state index in [2.05, 4.69) is 34.6 Å². The highest BCUT2D eigenvalue weighted by atomic mass is 16.4. The molecule has 0 radical (unpaired) electrons. The van der Waals surface area contributed by atoms with Gasteiger partial charge in [-0.15, -0.1) is 0 Å². The molecule has 4 aliphatic rings. The second-order valence-electron chi connectivity index (χ2n) is 13.0. The Morgan fingerprint density at radius 3 is 2.26 bits per heavy atom. The van der Waals surface area contributed by atoms with Crippen LogP contribution in [0.25, 0.3) is 0 Å². The second-order valence-corrected chi connectivity index (χ2v) is 13.0. The fourth-order valence-electron chi connectivity index (χ4n) is 9.27. The monoisotopic (exact) mass is 436 g/mol. The first-order chi connectivity index (χ1) is 14.5. The Bertz CT molecular complexity index is 651. The molecule has 4 nitrogen and oxygen atoms in total. The van der Waals surface area contributed by atoms with Crippen molar-refractivity contribution in [3.8, 4) is 0 Å². The van der Waals surface area contributed by atoms with E-state index in [1.165, 1.54) is 25.7 Å². The third-order valence-electron chi connectivity index (χ3n) is 11.1. The summed E-state index contributed by atoms with van der Waals surface area (Å²) in [7, 11) is 0. The van der Waals surface area contributed by atoms with Crippen LogP contribution in [0.4, 0.5) is 0 Å². The summed E-state index contributed by atoms with van der Waals surface area (Å²) in [5.74, 6) is 2.85. The quantitative estimate of drug-likeness (QED) is 0.511. The van der Waals surface area contributed by atoms with Crippen LogP contribution in [-0.2, 0) is 0 Å². The summed E-state index contributed by atoms with van der Waals surface area (Å²) in [5.41, 5.74) is -1.60. The third kappa shape index (κ3) is 3.54. The normalized spacial score (nSPS) is 53.0. The van der Waals surface area contributed by atoms with Crippen LogP contribution in [0.15, 0.2) is 0 Å². The summed E-state index contributed by atoms with van der Waals surface area (Å²) < 4.78 is 0. The van der Waals surface area contributed by atoms with E-state index in [0.29, 0.717) is 24.2 Å². The van der Waals surface area contributed by atoms with E-state index in [-0.39, 0.29) is 23.7 Å². The molecule has 0 unspecified atom stereocenters. The van der Waals surface area contributed by atoms with Gasteiger partial charge in [-0.2, -0.15) is 0 Å². The third-order valence-corrected chi connectivity index (χ3v) is 11.1. The molecular weight excluding hydrogens is 388 g/mol. The minimum Gasteiger partial charge on any atom is -0.393 e. The van der Waals surface area contributed by atoms with Crippen LogP contribution in [0.5, 0.6) is 0 Å². The zero-order chi connectivity index (χ0) is 22.8. The Balaban J connectivity index is 1.58. The van der Waals surface area contributed by atoms with Gasteiger partial charge in [-0.05, 0) is 79.4 Å². The van der Waals surface area contributed by atoms with Gasteiger partial charge in [0.05, 0.1) is 12.2 Å². The molecule has 0 aromatic rings. The maximum absolute atomic E-state index is 11.6. The van der Waals surface area contributed by atoms with Gasteiger partial charge in [0.25, 0.3) is 0 Å². The molecule has 180 valence electrons. The van der Waals surface area contributed by atoms with Crippen LogP contribution < -0.4 is 0 Å². The average Bonchev–Trinajstić information content (AvgIpc) is 3.05. The first kappa shape index (κ1) is 24.0. The van der Waals surface area contributed by atoms with E-state index < -0.39 is 29.3 Å². The SMILES string of the molecule is CC(C)CCC[C@@H](C)[C@H]1CC[C@H]2[C@@H]3[C@@H](O)[C@@H](O)[C@@]4(O)C[C@@H](O)CC[C@]4(C)[C@H]3CC[C@]12C. The van der Waals surface area contributed by atoms with Crippen molar-refractivity contribution in [2.75, 3.05) is 0 Å². The minimum absolute atomic E-state index is 0.0575. The predicted octanol–water partition coefficient (Wildman–Crippen LogP) is 4.53. The van der Waals surface area contributed by atoms with E-state index in [9.17, 15) is 20.4 Å². The van der Waals surface area contributed by atoms with Crippen molar-refractivity contribution < 1.29 is 20.4 Å². The molecule has 11 atom stereocenters. The molecule has 4 aliphatic carbocycles. The number of aliphatic hydroxyl groups is 4. The lowest BCUT2D eigenvalue weighted by Gasteiger charge is -2.66. The summed E-state index contributed by atoms with van der Waals surface area (Å²) in [6.07, 6.45) is 7.39. The molecule has 0 aliphatic heterocycles. The predicted molar refractivity (Wildman–Crippen MR) is 123 cm³/mol. The van der Waals surface area contributed by atoms with E-state index in [1.807, 2.05) is 0 Å². The van der Waals surface area contributed by atoms with Crippen molar-refractivity contribution in [2.24, 2.45) is 46.3 Å². The van der Waals surface area contributed by atoms with Crippen LogP contribution >= 0.6 is 0 Å². The summed E-state index contributed by atoms with van der Waals surface area (Å²) in [6.45, 7) is 11.7. The average molecular weight is 437 g/mol. The first-order valence-electron chi connectivity index (χ1n) is 13.2. The number of fused-ring (bicyclic) bond motifs is 5. The minimum atomic E-state index is -1.39. The molecule has 0 bridgehead atoms. The van der Waals surface area contributed by atoms with Crippen molar-refractivity contribution in [3.63, 3.8) is 0 Å². The Morgan fingerprint density at radius 2 is 1.58 bits per heavy atom. The lowest BCUT2D eigenvalue weighted by Crippen LogP contribution is -2.73. The van der Waals surface area contributed by atoms with E-state index in [0.717, 1.165) is 31.6 Å². The van der Waals surface area contributed by atoms with Crippen LogP contribution in [0.3, 0.4) is 0 Å². The van der Waals surface area contributed by atoms with Crippen LogP contribution in [-0.4, -0.2) is 44.3 Å². The number of rotatable bonds is 5. The topological polar surface area (TPSA) is 80.9 Å². The standard InChI is InChI=1S/C27H48O4/c1-16(2)7-6-8-17(3)19-9-10-20-22-21(12-13-25(19,20)4)26(5)14-11-18(28)15-27(26,31)24(30)23(22)29/h16-24,28-31H,6-15H2,1-5H3/t17-,18+,19-,20+,21+,22+,23-,24-,25-,26-,27+/m1/s1. The van der Waals surface area contributed by atoms with Gasteiger partial charge in [-0.1, -0.05) is 53.9 Å². The van der Waals surface area contributed by atoms with Crippen molar-refractivity contribution in [3.05, 3.63) is 0 Å². The van der Waals surface area contributed by atoms with Crippen molar-refractivity contribution in [1.29, 1.82) is 0 Å². The van der Waals surface area contributed by atoms with Gasteiger partial charge < -0.3 is 20.4 Å². The highest BCUT2D eigenvalue weighted by Crippen LogP contribution is 2.69. The first-order valence-corrected chi connectivity index (χ1v) is 13.2. The Kier molecular flexibility index (Phi) is 6.38. The molecule has 4 rings (SSSR count). The Hall–Kier alpha value is -0.160. The molecule has 0 aromatic heterocycles. The number of aliphatic hydroxyl groups excluding tert-OH is 3. The molecule has 0 aromatic carbocycles. The maximum atomic E-state index is 11.6. The lowest BCUT2D eigenvalue weighted by molar-refractivity contribution is -0.297. The van der Waals surface area contributed by atoms with Crippen molar-refractivity contribution >= 4 is 0 Å². The van der Waals surface area contributed by atoms with Gasteiger partial charge in [0.2, 0.25) is 0 Å². The van der Waals surface area contributed by atoms with Gasteiger partial charge in [-0.25, -0.2) is 0 Å². The molecule has 4 N–H and O–H groups in total. The lowest BCUT2D eigenvalue weighted by atomic mass is 9.41. The highest BCUT2D eigenvalue weighted by molar-refractivity contribution is 5.19. The van der Waals surface area contributed by atoms with E-state index in [1.54, 1.807) is 0 Å². The summed E-state index contributed by atoms with van der Waals surface area (Å²) in [4.78, 5) is 0. The maximum Gasteiger partial charge on any atom is 0.109 e. The fourth-order valence-corrected chi connectivity index (χ4v) is 9.27. The molecule has 4 fully saturated rings. The fraction of sp³-hybridized carbons (Fsp3) is 1.00. The van der Waals surface area contributed by atoms with Crippen molar-refractivity contribution in [1.82, 2.24) is 0 Å². The largest absolute Gasteiger partial charge is 0.393 e. The molecule has 31 heavy (non-hydrogen) atoms. The number of hydrogen-bond acceptors (Lipinski definition) is 4. The zero-order valence-corrected chi connectivity index (χ0v) is 20.6. The van der Waals surface area contributed by atoms with Crippen molar-refractivity contribution in [2.45, 2.75) is 123 Å². The van der Waals surface area contributed by atoms with Gasteiger partial charge in [-0.3, -0.25) is 0 Å². The van der Waals surface area contributed by atoms with Crippen LogP contribution in [0.2, 0.25) is 0 Å². The molecule has 0 heterocycles.